The number of benzene rings is 2. The second-order valence-electron chi connectivity index (χ2n) is 6.79. The smallest absolute Gasteiger partial charge is 0.338 e. The average molecular weight is 533 g/mol. The largest absolute Gasteiger partial charge is 0.493 e. The van der Waals surface area contributed by atoms with Crippen LogP contribution in [-0.4, -0.2) is 48.8 Å². The van der Waals surface area contributed by atoms with Crippen LogP contribution < -0.4 is 9.47 Å². The van der Waals surface area contributed by atoms with Crippen molar-refractivity contribution >= 4 is 56.5 Å². The molecule has 0 atom stereocenters. The molecule has 2 aromatic rings. The molecule has 1 fully saturated rings. The number of hydrogen-bond donors (Lipinski definition) is 0. The maximum atomic E-state index is 13.0. The van der Waals surface area contributed by atoms with Crippen LogP contribution in [0.2, 0.25) is 0 Å². The second kappa shape index (κ2) is 11.4. The van der Waals surface area contributed by atoms with Gasteiger partial charge in [-0.25, -0.2) is 9.79 Å². The Morgan fingerprint density at radius 3 is 2.64 bits per heavy atom. The maximum Gasteiger partial charge on any atom is 0.338 e. The van der Waals surface area contributed by atoms with Gasteiger partial charge in [0.05, 0.1) is 41.0 Å². The van der Waals surface area contributed by atoms with E-state index in [0.717, 1.165) is 10.0 Å². The Balaban J connectivity index is 1.93. The molecule has 7 nitrogen and oxygen atoms in total. The average Bonchev–Trinajstić information content (AvgIpc) is 3.09. The lowest BCUT2D eigenvalue weighted by Crippen LogP contribution is -2.28. The number of nitrogens with zero attached hydrogens (tertiary/aromatic N) is 2. The summed E-state index contributed by atoms with van der Waals surface area (Å²) in [5.74, 6) is 0.654. The van der Waals surface area contributed by atoms with E-state index in [2.05, 4.69) is 20.9 Å². The van der Waals surface area contributed by atoms with Gasteiger partial charge in [0, 0.05) is 6.54 Å². The van der Waals surface area contributed by atoms with E-state index in [9.17, 15) is 9.59 Å². The van der Waals surface area contributed by atoms with Crippen molar-refractivity contribution in [2.24, 2.45) is 4.99 Å². The Labute approximate surface area is 205 Å². The summed E-state index contributed by atoms with van der Waals surface area (Å²) in [5, 5.41) is 0.548. The number of carbonyl (C=O) groups excluding carboxylic acids is 2. The number of amidine groups is 1. The lowest BCUT2D eigenvalue weighted by molar-refractivity contribution is -0.122. The first-order chi connectivity index (χ1) is 15.9. The van der Waals surface area contributed by atoms with Crippen LogP contribution in [0.4, 0.5) is 5.69 Å². The number of rotatable bonds is 8. The zero-order valence-corrected chi connectivity index (χ0v) is 21.3. The predicted molar refractivity (Wildman–Crippen MR) is 134 cm³/mol. The van der Waals surface area contributed by atoms with Gasteiger partial charge in [-0.15, -0.1) is 0 Å². The van der Waals surface area contributed by atoms with Crippen LogP contribution in [0.5, 0.6) is 11.5 Å². The summed E-state index contributed by atoms with van der Waals surface area (Å²) in [5.41, 5.74) is 1.78. The standard InChI is InChI=1S/C24H25BrN2O5S/c1-5-27-22(28)20(13-15-11-18(25)21(31-6-2)19(12-15)30-4)33-24(27)26-17-10-8-9-16(14-17)23(29)32-7-3/h8-14H,5-7H2,1-4H3. The zero-order valence-electron chi connectivity index (χ0n) is 18.9. The van der Waals surface area contributed by atoms with Crippen molar-refractivity contribution in [2.45, 2.75) is 20.8 Å². The molecular weight excluding hydrogens is 508 g/mol. The summed E-state index contributed by atoms with van der Waals surface area (Å²) in [4.78, 5) is 31.8. The Morgan fingerprint density at radius 1 is 1.18 bits per heavy atom. The second-order valence-corrected chi connectivity index (χ2v) is 8.66. The summed E-state index contributed by atoms with van der Waals surface area (Å²) in [7, 11) is 1.57. The van der Waals surface area contributed by atoms with E-state index in [1.807, 2.05) is 26.0 Å². The highest BCUT2D eigenvalue weighted by atomic mass is 79.9. The monoisotopic (exact) mass is 532 g/mol. The lowest BCUT2D eigenvalue weighted by atomic mass is 10.2. The normalized spacial score (nSPS) is 15.9. The molecule has 3 rings (SSSR count). The van der Waals surface area contributed by atoms with Crippen molar-refractivity contribution in [1.82, 2.24) is 4.90 Å². The molecule has 0 radical (unpaired) electrons. The first-order valence-electron chi connectivity index (χ1n) is 10.5. The van der Waals surface area contributed by atoms with Gasteiger partial charge in [-0.05, 0) is 90.4 Å². The van der Waals surface area contributed by atoms with Crippen LogP contribution in [-0.2, 0) is 9.53 Å². The molecule has 1 saturated heterocycles. The molecule has 0 spiro atoms. The van der Waals surface area contributed by atoms with E-state index in [4.69, 9.17) is 14.2 Å². The Hall–Kier alpha value is -2.78. The Kier molecular flexibility index (Phi) is 8.57. The number of hydrogen-bond acceptors (Lipinski definition) is 7. The number of ether oxygens (including phenoxy) is 3. The molecule has 9 heteroatoms. The minimum Gasteiger partial charge on any atom is -0.493 e. The van der Waals surface area contributed by atoms with Gasteiger partial charge in [0.1, 0.15) is 0 Å². The summed E-state index contributed by atoms with van der Waals surface area (Å²) in [6.07, 6.45) is 1.80. The maximum absolute atomic E-state index is 13.0. The predicted octanol–water partition coefficient (Wildman–Crippen LogP) is 5.66. The first-order valence-corrected chi connectivity index (χ1v) is 12.1. The number of carbonyl (C=O) groups is 2. The fraction of sp³-hybridized carbons (Fsp3) is 0.292. The molecule has 2 aromatic carbocycles. The van der Waals surface area contributed by atoms with Gasteiger partial charge in [-0.1, -0.05) is 6.07 Å². The topological polar surface area (TPSA) is 77.4 Å². The van der Waals surface area contributed by atoms with Crippen LogP contribution in [0.3, 0.4) is 0 Å². The zero-order chi connectivity index (χ0) is 24.0. The summed E-state index contributed by atoms with van der Waals surface area (Å²) >= 11 is 4.80. The quantitative estimate of drug-likeness (QED) is 0.322. The molecule has 33 heavy (non-hydrogen) atoms. The Morgan fingerprint density at radius 2 is 1.97 bits per heavy atom. The summed E-state index contributed by atoms with van der Waals surface area (Å²) in [6.45, 7) is 6.82. The van der Waals surface area contributed by atoms with Gasteiger partial charge in [0.2, 0.25) is 0 Å². The van der Waals surface area contributed by atoms with Gasteiger partial charge in [-0.2, -0.15) is 0 Å². The number of aliphatic imine (C=N–C) groups is 1. The van der Waals surface area contributed by atoms with E-state index >= 15 is 0 Å². The molecule has 1 aliphatic heterocycles. The van der Waals surface area contributed by atoms with Crippen molar-refractivity contribution in [1.29, 1.82) is 0 Å². The van der Waals surface area contributed by atoms with Gasteiger partial charge in [0.25, 0.3) is 5.91 Å². The molecule has 0 N–H and O–H groups in total. The fourth-order valence-corrected chi connectivity index (χ4v) is 4.79. The van der Waals surface area contributed by atoms with E-state index < -0.39 is 5.97 Å². The number of likely N-dealkylation sites (N-methyl/N-ethyl adjacent to an activating group) is 1. The molecule has 0 unspecified atom stereocenters. The number of amides is 1. The molecule has 174 valence electrons. The number of halogens is 1. The molecule has 0 aromatic heterocycles. The van der Waals surface area contributed by atoms with Crippen molar-refractivity contribution in [3.63, 3.8) is 0 Å². The highest BCUT2D eigenvalue weighted by molar-refractivity contribution is 9.10. The SMILES string of the molecule is CCOC(=O)c1cccc(N=C2SC(=Cc3cc(Br)c(OCC)c(OC)c3)C(=O)N2CC)c1. The van der Waals surface area contributed by atoms with Gasteiger partial charge < -0.3 is 14.2 Å². The molecular formula is C24H25BrN2O5S. The highest BCUT2D eigenvalue weighted by Crippen LogP contribution is 2.39. The number of thioether (sulfide) groups is 1. The minimum absolute atomic E-state index is 0.133. The fourth-order valence-electron chi connectivity index (χ4n) is 3.16. The van der Waals surface area contributed by atoms with Crippen molar-refractivity contribution < 1.29 is 23.8 Å². The molecule has 0 bridgehead atoms. The van der Waals surface area contributed by atoms with Gasteiger partial charge in [-0.3, -0.25) is 9.69 Å². The number of esters is 1. The van der Waals surface area contributed by atoms with Crippen molar-refractivity contribution in [2.75, 3.05) is 26.9 Å². The van der Waals surface area contributed by atoms with E-state index in [0.29, 0.717) is 52.6 Å². The van der Waals surface area contributed by atoms with Crippen LogP contribution in [0.15, 0.2) is 50.8 Å². The lowest BCUT2D eigenvalue weighted by Gasteiger charge is -2.12. The van der Waals surface area contributed by atoms with Crippen LogP contribution in [0.25, 0.3) is 6.08 Å². The van der Waals surface area contributed by atoms with Crippen LogP contribution in [0.1, 0.15) is 36.7 Å². The minimum atomic E-state index is -0.405. The third kappa shape index (κ3) is 5.78. The summed E-state index contributed by atoms with van der Waals surface area (Å²) < 4.78 is 16.9. The van der Waals surface area contributed by atoms with Gasteiger partial charge in [0.15, 0.2) is 16.7 Å². The molecule has 1 amide bonds. The molecule has 0 aliphatic carbocycles. The highest BCUT2D eigenvalue weighted by Gasteiger charge is 2.32. The van der Waals surface area contributed by atoms with Crippen molar-refractivity contribution in [3.05, 3.63) is 56.9 Å². The molecule has 1 heterocycles. The van der Waals surface area contributed by atoms with Crippen LogP contribution in [0, 0.1) is 0 Å². The number of methoxy groups -OCH3 is 1. The van der Waals surface area contributed by atoms with E-state index in [1.165, 1.54) is 11.8 Å². The Bertz CT molecular complexity index is 1120. The first kappa shape index (κ1) is 24.9. The van der Waals surface area contributed by atoms with E-state index in [-0.39, 0.29) is 5.91 Å². The van der Waals surface area contributed by atoms with Gasteiger partial charge >= 0.3 is 5.97 Å². The third-order valence-corrected chi connectivity index (χ3v) is 6.22. The molecule has 0 saturated carbocycles. The van der Waals surface area contributed by atoms with Crippen molar-refractivity contribution in [3.8, 4) is 11.5 Å². The van der Waals surface area contributed by atoms with E-state index in [1.54, 1.807) is 49.3 Å². The summed E-state index contributed by atoms with van der Waals surface area (Å²) in [6, 6.07) is 10.6. The third-order valence-electron chi connectivity index (χ3n) is 4.62. The van der Waals surface area contributed by atoms with Crippen LogP contribution >= 0.6 is 27.7 Å². The molecule has 1 aliphatic rings.